The molecule has 1 heterocycles. The number of hydrogen-bond acceptors (Lipinski definition) is 4. The van der Waals surface area contributed by atoms with Gasteiger partial charge in [0.2, 0.25) is 0 Å². The SMILES string of the molecule is O=C1/C(=C/c2ccc(OCc3ccc(F)cc3)c(Br)c2)SC(=S)N1c1ccc(Br)cc1. The summed E-state index contributed by atoms with van der Waals surface area (Å²) in [6, 6.07) is 19.2. The van der Waals surface area contributed by atoms with E-state index in [0.717, 1.165) is 25.8 Å². The zero-order chi connectivity index (χ0) is 22.0. The minimum Gasteiger partial charge on any atom is -0.488 e. The lowest BCUT2D eigenvalue weighted by molar-refractivity contribution is -0.113. The molecule has 156 valence electrons. The first-order chi connectivity index (χ1) is 14.9. The third-order valence-corrected chi connectivity index (χ3v) is 6.89. The van der Waals surface area contributed by atoms with Crippen molar-refractivity contribution in [2.75, 3.05) is 4.90 Å². The lowest BCUT2D eigenvalue weighted by atomic mass is 10.2. The number of rotatable bonds is 5. The molecule has 0 saturated carbocycles. The Bertz CT molecular complexity index is 1180. The molecule has 1 fully saturated rings. The molecule has 1 aliphatic rings. The van der Waals surface area contributed by atoms with Crippen molar-refractivity contribution in [1.29, 1.82) is 0 Å². The highest BCUT2D eigenvalue weighted by molar-refractivity contribution is 9.10. The van der Waals surface area contributed by atoms with Crippen molar-refractivity contribution in [3.63, 3.8) is 0 Å². The van der Waals surface area contributed by atoms with Crippen LogP contribution in [0, 0.1) is 5.82 Å². The molecular weight excluding hydrogens is 565 g/mol. The van der Waals surface area contributed by atoms with Gasteiger partial charge in [-0.2, -0.15) is 0 Å². The van der Waals surface area contributed by atoms with Crippen LogP contribution in [0.25, 0.3) is 6.08 Å². The maximum Gasteiger partial charge on any atom is 0.270 e. The molecule has 1 amide bonds. The van der Waals surface area contributed by atoms with E-state index in [9.17, 15) is 9.18 Å². The number of ether oxygens (including phenoxy) is 1. The van der Waals surface area contributed by atoms with Gasteiger partial charge in [-0.1, -0.05) is 58.1 Å². The van der Waals surface area contributed by atoms with Crippen molar-refractivity contribution in [1.82, 2.24) is 0 Å². The van der Waals surface area contributed by atoms with Crippen molar-refractivity contribution in [2.45, 2.75) is 6.61 Å². The van der Waals surface area contributed by atoms with Crippen LogP contribution in [0.3, 0.4) is 0 Å². The first-order valence-corrected chi connectivity index (χ1v) is 11.9. The summed E-state index contributed by atoms with van der Waals surface area (Å²) in [5.41, 5.74) is 2.45. The van der Waals surface area contributed by atoms with E-state index >= 15 is 0 Å². The van der Waals surface area contributed by atoms with Crippen LogP contribution in [-0.4, -0.2) is 10.2 Å². The Kier molecular flexibility index (Phi) is 6.91. The summed E-state index contributed by atoms with van der Waals surface area (Å²) in [7, 11) is 0. The molecule has 0 atom stereocenters. The van der Waals surface area contributed by atoms with Crippen LogP contribution in [0.2, 0.25) is 0 Å². The fraction of sp³-hybridized carbons (Fsp3) is 0.0435. The molecule has 0 spiro atoms. The van der Waals surface area contributed by atoms with Gasteiger partial charge in [0.05, 0.1) is 15.1 Å². The molecule has 31 heavy (non-hydrogen) atoms. The maximum atomic E-state index is 13.0. The van der Waals surface area contributed by atoms with E-state index in [-0.39, 0.29) is 11.7 Å². The molecular formula is C23H14Br2FNO2S2. The van der Waals surface area contributed by atoms with Crippen LogP contribution in [0.5, 0.6) is 5.75 Å². The molecule has 0 N–H and O–H groups in total. The van der Waals surface area contributed by atoms with Gasteiger partial charge in [-0.25, -0.2) is 4.39 Å². The molecule has 0 radical (unpaired) electrons. The molecule has 1 saturated heterocycles. The second-order valence-electron chi connectivity index (χ2n) is 6.60. The zero-order valence-corrected chi connectivity index (χ0v) is 20.7. The Balaban J connectivity index is 1.49. The van der Waals surface area contributed by atoms with Crippen LogP contribution in [0.4, 0.5) is 10.1 Å². The normalized spacial score (nSPS) is 15.1. The van der Waals surface area contributed by atoms with E-state index in [0.29, 0.717) is 21.6 Å². The van der Waals surface area contributed by atoms with Gasteiger partial charge in [0.1, 0.15) is 18.2 Å². The highest BCUT2D eigenvalue weighted by atomic mass is 79.9. The molecule has 0 aliphatic carbocycles. The number of halogens is 3. The number of benzene rings is 3. The van der Waals surface area contributed by atoms with Crippen molar-refractivity contribution in [3.8, 4) is 5.75 Å². The zero-order valence-electron chi connectivity index (χ0n) is 15.8. The monoisotopic (exact) mass is 577 g/mol. The molecule has 8 heteroatoms. The van der Waals surface area contributed by atoms with Crippen molar-refractivity contribution in [2.24, 2.45) is 0 Å². The first-order valence-electron chi connectivity index (χ1n) is 9.11. The standard InChI is InChI=1S/C23H14Br2FNO2S2/c24-16-4-8-18(9-5-16)27-22(28)21(31-23(27)30)12-15-3-10-20(19(25)11-15)29-13-14-1-6-17(26)7-2-14/h1-12H,13H2/b21-12-. The minimum absolute atomic E-state index is 0.148. The third kappa shape index (κ3) is 5.26. The summed E-state index contributed by atoms with van der Waals surface area (Å²) in [5, 5.41) is 0. The molecule has 3 nitrogen and oxygen atoms in total. The Morgan fingerprint density at radius 3 is 2.42 bits per heavy atom. The number of nitrogens with zero attached hydrogens (tertiary/aromatic N) is 1. The maximum absolute atomic E-state index is 13.0. The van der Waals surface area contributed by atoms with Gasteiger partial charge < -0.3 is 4.74 Å². The van der Waals surface area contributed by atoms with Gasteiger partial charge in [0.15, 0.2) is 4.32 Å². The highest BCUT2D eigenvalue weighted by Gasteiger charge is 2.33. The molecule has 0 bridgehead atoms. The first kappa shape index (κ1) is 22.2. The second-order valence-corrected chi connectivity index (χ2v) is 10.0. The fourth-order valence-corrected chi connectivity index (χ4v) is 4.97. The Labute approximate surface area is 205 Å². The number of carbonyl (C=O) groups excluding carboxylic acids is 1. The largest absolute Gasteiger partial charge is 0.488 e. The summed E-state index contributed by atoms with van der Waals surface area (Å²) in [6.45, 7) is 0.323. The second kappa shape index (κ2) is 9.65. The number of carbonyl (C=O) groups is 1. The lowest BCUT2D eigenvalue weighted by Gasteiger charge is -2.14. The number of thiocarbonyl (C=S) groups is 1. The molecule has 0 aromatic heterocycles. The van der Waals surface area contributed by atoms with Crippen molar-refractivity contribution in [3.05, 3.63) is 97.5 Å². The highest BCUT2D eigenvalue weighted by Crippen LogP contribution is 2.37. The number of anilines is 1. The summed E-state index contributed by atoms with van der Waals surface area (Å²) < 4.78 is 21.0. The molecule has 4 rings (SSSR count). The third-order valence-electron chi connectivity index (χ3n) is 4.44. The smallest absolute Gasteiger partial charge is 0.270 e. The predicted molar refractivity (Wildman–Crippen MR) is 135 cm³/mol. The predicted octanol–water partition coefficient (Wildman–Crippen LogP) is 7.34. The van der Waals surface area contributed by atoms with Gasteiger partial charge in [-0.3, -0.25) is 9.69 Å². The van der Waals surface area contributed by atoms with Gasteiger partial charge in [0.25, 0.3) is 5.91 Å². The van der Waals surface area contributed by atoms with Crippen LogP contribution >= 0.6 is 55.8 Å². The Morgan fingerprint density at radius 2 is 1.74 bits per heavy atom. The quantitative estimate of drug-likeness (QED) is 0.234. The van der Waals surface area contributed by atoms with Gasteiger partial charge in [-0.05, 0) is 81.7 Å². The van der Waals surface area contributed by atoms with Crippen molar-refractivity contribution < 1.29 is 13.9 Å². The topological polar surface area (TPSA) is 29.5 Å². The van der Waals surface area contributed by atoms with E-state index in [2.05, 4.69) is 31.9 Å². The van der Waals surface area contributed by atoms with Crippen LogP contribution in [0.1, 0.15) is 11.1 Å². The van der Waals surface area contributed by atoms with Crippen molar-refractivity contribution >= 4 is 77.8 Å². The molecule has 0 unspecified atom stereocenters. The van der Waals surface area contributed by atoms with E-state index in [4.69, 9.17) is 17.0 Å². The number of thioether (sulfide) groups is 1. The minimum atomic E-state index is -0.278. The van der Waals surface area contributed by atoms with E-state index in [1.54, 1.807) is 12.1 Å². The molecule has 1 aliphatic heterocycles. The average Bonchev–Trinajstić information content (AvgIpc) is 3.02. The number of amides is 1. The van der Waals surface area contributed by atoms with Gasteiger partial charge >= 0.3 is 0 Å². The van der Waals surface area contributed by atoms with Crippen LogP contribution < -0.4 is 9.64 Å². The molecule has 3 aromatic carbocycles. The Morgan fingerprint density at radius 1 is 1.03 bits per heavy atom. The van der Waals surface area contributed by atoms with Crippen LogP contribution in [-0.2, 0) is 11.4 Å². The Hall–Kier alpha value is -2.00. The fourth-order valence-electron chi connectivity index (χ4n) is 2.90. The van der Waals surface area contributed by atoms with E-state index in [1.807, 2.05) is 48.5 Å². The van der Waals surface area contributed by atoms with Crippen LogP contribution in [0.15, 0.2) is 80.6 Å². The van der Waals surface area contributed by atoms with E-state index < -0.39 is 0 Å². The van der Waals surface area contributed by atoms with Gasteiger partial charge in [0, 0.05) is 4.47 Å². The summed E-state index contributed by atoms with van der Waals surface area (Å²) >= 11 is 13.6. The number of hydrogen-bond donors (Lipinski definition) is 0. The summed E-state index contributed by atoms with van der Waals surface area (Å²) in [5.74, 6) is 0.230. The van der Waals surface area contributed by atoms with Gasteiger partial charge in [-0.15, -0.1) is 0 Å². The molecule has 3 aromatic rings. The summed E-state index contributed by atoms with van der Waals surface area (Å²) in [4.78, 5) is 15.0. The summed E-state index contributed by atoms with van der Waals surface area (Å²) in [6.07, 6.45) is 1.81. The lowest BCUT2D eigenvalue weighted by Crippen LogP contribution is -2.27. The average molecular weight is 579 g/mol. The van der Waals surface area contributed by atoms with E-state index in [1.165, 1.54) is 28.8 Å².